The molecule has 0 saturated carbocycles. The maximum absolute atomic E-state index is 11.4. The number of Topliss-reactive ketones (excluding diaryl/α,β-unsaturated/α-hetero) is 1. The van der Waals surface area contributed by atoms with Gasteiger partial charge >= 0.3 is 5.97 Å². The van der Waals surface area contributed by atoms with Crippen LogP contribution in [0.1, 0.15) is 0 Å². The van der Waals surface area contributed by atoms with Crippen LogP contribution in [0.3, 0.4) is 0 Å². The molecule has 8 nitrogen and oxygen atoms in total. The van der Waals surface area contributed by atoms with Gasteiger partial charge in [-0.15, -0.1) is 0 Å². The van der Waals surface area contributed by atoms with E-state index in [4.69, 9.17) is 15.3 Å². The molecule has 0 saturated heterocycles. The second-order valence-corrected chi connectivity index (χ2v) is 3.72. The van der Waals surface area contributed by atoms with Crippen molar-refractivity contribution in [2.24, 2.45) is 0 Å². The molecule has 0 heterocycles. The Labute approximate surface area is 97.7 Å². The Balaban J connectivity index is 4.26. The number of aliphatic carboxylic acids is 1. The topological polar surface area (TPSA) is 139 Å². The molecule has 0 aromatic heterocycles. The van der Waals surface area contributed by atoms with Crippen molar-refractivity contribution in [2.45, 2.75) is 18.3 Å². The molecule has 0 fully saturated rings. The summed E-state index contributed by atoms with van der Waals surface area (Å²) in [6, 6.07) is 0. The highest BCUT2D eigenvalue weighted by Crippen LogP contribution is 2.02. The Hall–Kier alpha value is -1.06. The number of hydrogen-bond donors (Lipinski definition) is 5. The molecule has 0 aromatic rings. The monoisotopic (exact) mass is 251 g/mol. The number of aliphatic hydroxyl groups excluding tert-OH is 4. The van der Waals surface area contributed by atoms with E-state index in [0.29, 0.717) is 0 Å². The third-order valence-electron chi connectivity index (χ3n) is 2.07. The van der Waals surface area contributed by atoms with Gasteiger partial charge < -0.3 is 25.5 Å². The lowest BCUT2D eigenvalue weighted by Gasteiger charge is -2.22. The van der Waals surface area contributed by atoms with E-state index in [2.05, 4.69) is 0 Å². The van der Waals surface area contributed by atoms with E-state index < -0.39 is 43.2 Å². The number of rotatable bonds is 8. The Morgan fingerprint density at radius 3 is 2.12 bits per heavy atom. The summed E-state index contributed by atoms with van der Waals surface area (Å²) >= 11 is 0. The van der Waals surface area contributed by atoms with Crippen molar-refractivity contribution in [2.75, 3.05) is 26.7 Å². The van der Waals surface area contributed by atoms with Crippen LogP contribution < -0.4 is 0 Å². The molecule has 100 valence electrons. The van der Waals surface area contributed by atoms with E-state index in [1.807, 2.05) is 0 Å². The number of carboxylic acids is 1. The normalized spacial score (nSPS) is 16.6. The minimum absolute atomic E-state index is 0.386. The third kappa shape index (κ3) is 5.71. The van der Waals surface area contributed by atoms with E-state index in [0.717, 1.165) is 4.90 Å². The number of hydrogen-bond acceptors (Lipinski definition) is 7. The number of ketones is 1. The largest absolute Gasteiger partial charge is 0.480 e. The maximum atomic E-state index is 11.4. The molecule has 0 spiro atoms. The Kier molecular flexibility index (Phi) is 6.85. The first-order valence-corrected chi connectivity index (χ1v) is 4.87. The number of likely N-dealkylation sites (N-methyl/N-ethyl adjacent to an activating group) is 1. The van der Waals surface area contributed by atoms with Crippen LogP contribution in [-0.2, 0) is 9.59 Å². The quantitative estimate of drug-likeness (QED) is 0.301. The van der Waals surface area contributed by atoms with Gasteiger partial charge in [-0.05, 0) is 7.05 Å². The second kappa shape index (κ2) is 7.30. The highest BCUT2D eigenvalue weighted by molar-refractivity contribution is 5.85. The van der Waals surface area contributed by atoms with Crippen molar-refractivity contribution in [3.63, 3.8) is 0 Å². The average molecular weight is 251 g/mol. The summed E-state index contributed by atoms with van der Waals surface area (Å²) in [5, 5.41) is 44.5. The van der Waals surface area contributed by atoms with E-state index in [1.165, 1.54) is 7.05 Å². The van der Waals surface area contributed by atoms with Gasteiger partial charge in [0.2, 0.25) is 0 Å². The standard InChI is InChI=1S/C9H17NO7/c1-10(3-7(14)15)2-5(12)8(16)9(17)6(13)4-11/h6,8-9,11,13,16-17H,2-4H2,1H3,(H,14,15)/t6-,8-,9-/m1/s1. The molecule has 0 aliphatic heterocycles. The highest BCUT2D eigenvalue weighted by atomic mass is 16.4. The van der Waals surface area contributed by atoms with Gasteiger partial charge in [0.25, 0.3) is 0 Å². The molecule has 0 radical (unpaired) electrons. The number of carboxylic acid groups (broad SMARTS) is 1. The third-order valence-corrected chi connectivity index (χ3v) is 2.07. The van der Waals surface area contributed by atoms with E-state index in [-0.39, 0.29) is 6.54 Å². The summed E-state index contributed by atoms with van der Waals surface area (Å²) < 4.78 is 0. The number of nitrogens with zero attached hydrogens (tertiary/aromatic N) is 1. The first kappa shape index (κ1) is 15.9. The molecule has 17 heavy (non-hydrogen) atoms. The number of aliphatic hydroxyl groups is 4. The van der Waals surface area contributed by atoms with E-state index in [9.17, 15) is 19.8 Å². The Morgan fingerprint density at radius 2 is 1.71 bits per heavy atom. The number of carbonyl (C=O) groups is 2. The molecule has 0 aliphatic carbocycles. The van der Waals surface area contributed by atoms with Gasteiger partial charge in [-0.1, -0.05) is 0 Å². The van der Waals surface area contributed by atoms with Crippen molar-refractivity contribution < 1.29 is 35.1 Å². The first-order valence-electron chi connectivity index (χ1n) is 4.87. The summed E-state index contributed by atoms with van der Waals surface area (Å²) in [4.78, 5) is 22.8. The Bertz CT molecular complexity index is 270. The van der Waals surface area contributed by atoms with Crippen LogP contribution in [0.2, 0.25) is 0 Å². The van der Waals surface area contributed by atoms with Gasteiger partial charge in [-0.2, -0.15) is 0 Å². The summed E-state index contributed by atoms with van der Waals surface area (Å²) in [6.07, 6.45) is -5.29. The predicted molar refractivity (Wildman–Crippen MR) is 55.2 cm³/mol. The smallest absolute Gasteiger partial charge is 0.317 e. The lowest BCUT2D eigenvalue weighted by atomic mass is 10.0. The van der Waals surface area contributed by atoms with E-state index in [1.54, 1.807) is 0 Å². The predicted octanol–water partition coefficient (Wildman–Crippen LogP) is -3.35. The molecule has 5 N–H and O–H groups in total. The fourth-order valence-electron chi connectivity index (χ4n) is 1.16. The van der Waals surface area contributed by atoms with Crippen molar-refractivity contribution in [1.82, 2.24) is 4.90 Å². The SMILES string of the molecule is CN(CC(=O)O)CC(=O)[C@@H](O)[C@H](O)[C@H](O)CO. The van der Waals surface area contributed by atoms with Gasteiger partial charge in [0.15, 0.2) is 5.78 Å². The summed E-state index contributed by atoms with van der Waals surface area (Å²) in [5.74, 6) is -1.97. The second-order valence-electron chi connectivity index (χ2n) is 3.72. The molecule has 0 aromatic carbocycles. The fourth-order valence-corrected chi connectivity index (χ4v) is 1.16. The van der Waals surface area contributed by atoms with Crippen molar-refractivity contribution >= 4 is 11.8 Å². The van der Waals surface area contributed by atoms with Crippen LogP contribution >= 0.6 is 0 Å². The molecule has 3 atom stereocenters. The molecule has 0 aliphatic rings. The van der Waals surface area contributed by atoms with Gasteiger partial charge in [0, 0.05) is 0 Å². The van der Waals surface area contributed by atoms with Crippen LogP contribution in [-0.4, -0.2) is 87.2 Å². The molecule has 0 bridgehead atoms. The van der Waals surface area contributed by atoms with Crippen molar-refractivity contribution in [3.8, 4) is 0 Å². The van der Waals surface area contributed by atoms with Crippen molar-refractivity contribution in [3.05, 3.63) is 0 Å². The minimum atomic E-state index is -1.87. The zero-order chi connectivity index (χ0) is 13.6. The fraction of sp³-hybridized carbons (Fsp3) is 0.778. The lowest BCUT2D eigenvalue weighted by Crippen LogP contribution is -2.47. The van der Waals surface area contributed by atoms with Gasteiger partial charge in [0.05, 0.1) is 19.7 Å². The highest BCUT2D eigenvalue weighted by Gasteiger charge is 2.30. The minimum Gasteiger partial charge on any atom is -0.480 e. The summed E-state index contributed by atoms with van der Waals surface area (Å²) in [7, 11) is 1.35. The Morgan fingerprint density at radius 1 is 1.18 bits per heavy atom. The molecule has 0 unspecified atom stereocenters. The maximum Gasteiger partial charge on any atom is 0.317 e. The number of carbonyl (C=O) groups excluding carboxylic acids is 1. The van der Waals surface area contributed by atoms with Crippen LogP contribution in [0.25, 0.3) is 0 Å². The van der Waals surface area contributed by atoms with Crippen LogP contribution in [0.4, 0.5) is 0 Å². The van der Waals surface area contributed by atoms with E-state index >= 15 is 0 Å². The summed E-state index contributed by atoms with van der Waals surface area (Å²) in [5.41, 5.74) is 0. The molecule has 0 amide bonds. The zero-order valence-corrected chi connectivity index (χ0v) is 9.35. The zero-order valence-electron chi connectivity index (χ0n) is 9.35. The molecular weight excluding hydrogens is 234 g/mol. The molecular formula is C9H17NO7. The van der Waals surface area contributed by atoms with Gasteiger partial charge in [-0.25, -0.2) is 0 Å². The van der Waals surface area contributed by atoms with Gasteiger partial charge in [0.1, 0.15) is 18.3 Å². The molecule has 0 rings (SSSR count). The van der Waals surface area contributed by atoms with Gasteiger partial charge in [-0.3, -0.25) is 14.5 Å². The van der Waals surface area contributed by atoms with Crippen molar-refractivity contribution in [1.29, 1.82) is 0 Å². The summed E-state index contributed by atoms with van der Waals surface area (Å²) in [6.45, 7) is -1.57. The van der Waals surface area contributed by atoms with Crippen LogP contribution in [0, 0.1) is 0 Å². The average Bonchev–Trinajstić information content (AvgIpc) is 2.24. The first-order chi connectivity index (χ1) is 7.79. The van der Waals surface area contributed by atoms with Crippen LogP contribution in [0.15, 0.2) is 0 Å². The lowest BCUT2D eigenvalue weighted by molar-refractivity contribution is -0.142. The van der Waals surface area contributed by atoms with Crippen LogP contribution in [0.5, 0.6) is 0 Å². The molecule has 8 heteroatoms.